The fourth-order valence-corrected chi connectivity index (χ4v) is 2.79. The van der Waals surface area contributed by atoms with Gasteiger partial charge in [-0.25, -0.2) is 4.98 Å². The summed E-state index contributed by atoms with van der Waals surface area (Å²) in [6, 6.07) is 5.39. The van der Waals surface area contributed by atoms with Crippen molar-refractivity contribution >= 4 is 49.4 Å². The SMILES string of the molecule is CNc1cc(Oc2cc(Br)c(OC)cc2Br)nc(SC)n1. The monoisotopic (exact) mass is 433 g/mol. The van der Waals surface area contributed by atoms with E-state index in [2.05, 4.69) is 47.1 Å². The molecule has 0 amide bonds. The Balaban J connectivity index is 2.35. The van der Waals surface area contributed by atoms with Crippen molar-refractivity contribution in [1.29, 1.82) is 0 Å². The first kappa shape index (κ1) is 16.4. The van der Waals surface area contributed by atoms with Gasteiger partial charge >= 0.3 is 0 Å². The van der Waals surface area contributed by atoms with Crippen LogP contribution in [0, 0.1) is 0 Å². The highest BCUT2D eigenvalue weighted by atomic mass is 79.9. The summed E-state index contributed by atoms with van der Waals surface area (Å²) in [5.41, 5.74) is 0. The van der Waals surface area contributed by atoms with Crippen LogP contribution in [-0.4, -0.2) is 30.4 Å². The molecule has 112 valence electrons. The summed E-state index contributed by atoms with van der Waals surface area (Å²) in [5, 5.41) is 3.63. The number of hydrogen-bond acceptors (Lipinski definition) is 6. The number of rotatable bonds is 5. The lowest BCUT2D eigenvalue weighted by Gasteiger charge is -2.11. The Hall–Kier alpha value is -0.990. The van der Waals surface area contributed by atoms with Crippen molar-refractivity contribution in [3.8, 4) is 17.4 Å². The van der Waals surface area contributed by atoms with Crippen molar-refractivity contribution in [3.63, 3.8) is 0 Å². The predicted molar refractivity (Wildman–Crippen MR) is 91.8 cm³/mol. The molecule has 0 unspecified atom stereocenters. The van der Waals surface area contributed by atoms with E-state index in [1.807, 2.05) is 18.4 Å². The van der Waals surface area contributed by atoms with E-state index in [-0.39, 0.29) is 0 Å². The second kappa shape index (κ2) is 7.33. The number of anilines is 1. The maximum atomic E-state index is 5.84. The third-order valence-corrected chi connectivity index (χ3v) is 4.33. The first-order valence-electron chi connectivity index (χ1n) is 5.89. The third-order valence-electron chi connectivity index (χ3n) is 2.54. The van der Waals surface area contributed by atoms with Crippen LogP contribution in [0.1, 0.15) is 0 Å². The summed E-state index contributed by atoms with van der Waals surface area (Å²) in [7, 11) is 3.41. The van der Waals surface area contributed by atoms with E-state index in [0.29, 0.717) is 22.6 Å². The molecule has 2 rings (SSSR count). The summed E-state index contributed by atoms with van der Waals surface area (Å²) < 4.78 is 12.6. The molecule has 0 radical (unpaired) electrons. The smallest absolute Gasteiger partial charge is 0.225 e. The first-order chi connectivity index (χ1) is 10.1. The lowest BCUT2D eigenvalue weighted by Crippen LogP contribution is -1.98. The van der Waals surface area contributed by atoms with Crippen molar-refractivity contribution in [2.45, 2.75) is 5.16 Å². The Morgan fingerprint density at radius 2 is 1.76 bits per heavy atom. The lowest BCUT2D eigenvalue weighted by atomic mass is 10.3. The van der Waals surface area contributed by atoms with Gasteiger partial charge in [-0.3, -0.25) is 0 Å². The minimum Gasteiger partial charge on any atom is -0.496 e. The molecule has 0 saturated carbocycles. The van der Waals surface area contributed by atoms with Crippen LogP contribution in [0.2, 0.25) is 0 Å². The molecular weight excluding hydrogens is 422 g/mol. The number of aromatic nitrogens is 2. The molecule has 0 aliphatic heterocycles. The standard InChI is InChI=1S/C13H13Br2N3O2S/c1-16-11-6-12(18-13(17-11)21-3)20-10-5-7(14)9(19-2)4-8(10)15/h4-6H,1-3H3,(H,16,17,18). The maximum Gasteiger partial charge on any atom is 0.225 e. The third kappa shape index (κ3) is 4.02. The van der Waals surface area contributed by atoms with Gasteiger partial charge in [0, 0.05) is 13.1 Å². The zero-order valence-corrected chi connectivity index (χ0v) is 15.6. The molecule has 1 heterocycles. The van der Waals surface area contributed by atoms with E-state index in [9.17, 15) is 0 Å². The van der Waals surface area contributed by atoms with Gasteiger partial charge in [0.1, 0.15) is 17.3 Å². The zero-order chi connectivity index (χ0) is 15.4. The molecule has 2 aromatic rings. The zero-order valence-electron chi connectivity index (χ0n) is 11.6. The molecule has 0 saturated heterocycles. The molecule has 0 atom stereocenters. The second-order valence-electron chi connectivity index (χ2n) is 3.85. The van der Waals surface area contributed by atoms with Crippen LogP contribution in [0.3, 0.4) is 0 Å². The van der Waals surface area contributed by atoms with Gasteiger partial charge in [0.15, 0.2) is 5.16 Å². The number of thioether (sulfide) groups is 1. The molecule has 0 spiro atoms. The summed E-state index contributed by atoms with van der Waals surface area (Å²) in [6.07, 6.45) is 1.92. The van der Waals surface area contributed by atoms with Gasteiger partial charge in [0.2, 0.25) is 5.88 Å². The maximum absolute atomic E-state index is 5.84. The fraction of sp³-hybridized carbons (Fsp3) is 0.231. The topological polar surface area (TPSA) is 56.3 Å². The van der Waals surface area contributed by atoms with Crippen molar-refractivity contribution in [1.82, 2.24) is 9.97 Å². The average Bonchev–Trinajstić information content (AvgIpc) is 2.50. The van der Waals surface area contributed by atoms with E-state index in [0.717, 1.165) is 14.7 Å². The summed E-state index contributed by atoms with van der Waals surface area (Å²) in [5.74, 6) is 2.53. The summed E-state index contributed by atoms with van der Waals surface area (Å²) >= 11 is 8.35. The van der Waals surface area contributed by atoms with Gasteiger partial charge in [-0.15, -0.1) is 0 Å². The number of hydrogen-bond donors (Lipinski definition) is 1. The minimum atomic E-state index is 0.469. The van der Waals surface area contributed by atoms with Crippen LogP contribution >= 0.6 is 43.6 Å². The Morgan fingerprint density at radius 1 is 1.10 bits per heavy atom. The highest BCUT2D eigenvalue weighted by molar-refractivity contribution is 9.11. The summed E-state index contributed by atoms with van der Waals surface area (Å²) in [6.45, 7) is 0. The lowest BCUT2D eigenvalue weighted by molar-refractivity contribution is 0.408. The van der Waals surface area contributed by atoms with E-state index >= 15 is 0 Å². The fourth-order valence-electron chi connectivity index (χ4n) is 1.53. The predicted octanol–water partition coefficient (Wildman–Crippen LogP) is 4.57. The highest BCUT2D eigenvalue weighted by Crippen LogP contribution is 2.38. The Morgan fingerprint density at radius 3 is 2.38 bits per heavy atom. The molecule has 21 heavy (non-hydrogen) atoms. The van der Waals surface area contributed by atoms with Gasteiger partial charge in [0.05, 0.1) is 16.1 Å². The van der Waals surface area contributed by atoms with Gasteiger partial charge in [0.25, 0.3) is 0 Å². The van der Waals surface area contributed by atoms with Crippen LogP contribution in [0.5, 0.6) is 17.4 Å². The largest absolute Gasteiger partial charge is 0.496 e. The Kier molecular flexibility index (Phi) is 5.72. The van der Waals surface area contributed by atoms with Crippen LogP contribution < -0.4 is 14.8 Å². The number of nitrogens with one attached hydrogen (secondary N) is 1. The van der Waals surface area contributed by atoms with E-state index in [1.165, 1.54) is 11.8 Å². The average molecular weight is 435 g/mol. The van der Waals surface area contributed by atoms with Gasteiger partial charge in [-0.05, 0) is 50.2 Å². The second-order valence-corrected chi connectivity index (χ2v) is 6.33. The molecule has 8 heteroatoms. The Bertz CT molecular complexity index is 633. The molecular formula is C13H13Br2N3O2S. The molecule has 0 bridgehead atoms. The van der Waals surface area contributed by atoms with Crippen molar-refractivity contribution < 1.29 is 9.47 Å². The molecule has 5 nitrogen and oxygen atoms in total. The minimum absolute atomic E-state index is 0.469. The van der Waals surface area contributed by atoms with Crippen molar-refractivity contribution in [2.75, 3.05) is 25.7 Å². The summed E-state index contributed by atoms with van der Waals surface area (Å²) in [4.78, 5) is 8.63. The molecule has 0 aliphatic carbocycles. The van der Waals surface area contributed by atoms with Crippen LogP contribution in [0.15, 0.2) is 32.3 Å². The normalized spacial score (nSPS) is 10.3. The Labute approximate surface area is 144 Å². The van der Waals surface area contributed by atoms with Gasteiger partial charge < -0.3 is 14.8 Å². The van der Waals surface area contributed by atoms with Gasteiger partial charge in [-0.2, -0.15) is 4.98 Å². The van der Waals surface area contributed by atoms with Crippen LogP contribution in [0.25, 0.3) is 0 Å². The number of ether oxygens (including phenoxy) is 2. The van der Waals surface area contributed by atoms with Crippen LogP contribution in [0.4, 0.5) is 5.82 Å². The number of nitrogens with zero attached hydrogens (tertiary/aromatic N) is 2. The quantitative estimate of drug-likeness (QED) is 0.549. The van der Waals surface area contributed by atoms with E-state index in [1.54, 1.807) is 20.2 Å². The first-order valence-corrected chi connectivity index (χ1v) is 8.70. The van der Waals surface area contributed by atoms with Crippen molar-refractivity contribution in [2.24, 2.45) is 0 Å². The molecule has 0 fully saturated rings. The highest BCUT2D eigenvalue weighted by Gasteiger charge is 2.11. The molecule has 1 N–H and O–H groups in total. The molecule has 1 aromatic carbocycles. The van der Waals surface area contributed by atoms with E-state index in [4.69, 9.17) is 9.47 Å². The molecule has 1 aromatic heterocycles. The number of methoxy groups -OCH3 is 1. The molecule has 0 aliphatic rings. The number of halogens is 2. The van der Waals surface area contributed by atoms with Crippen molar-refractivity contribution in [3.05, 3.63) is 27.1 Å². The van der Waals surface area contributed by atoms with Crippen LogP contribution in [-0.2, 0) is 0 Å². The van der Waals surface area contributed by atoms with E-state index < -0.39 is 0 Å². The van der Waals surface area contributed by atoms with Gasteiger partial charge in [-0.1, -0.05) is 11.8 Å². The number of benzene rings is 1.